The number of benzene rings is 1. The molecule has 1 aromatic carbocycles. The van der Waals surface area contributed by atoms with E-state index < -0.39 is 0 Å². The van der Waals surface area contributed by atoms with Gasteiger partial charge in [0.05, 0.1) is 18.8 Å². The lowest BCUT2D eigenvalue weighted by atomic mass is 10.2. The molecule has 0 bridgehead atoms. The van der Waals surface area contributed by atoms with E-state index in [1.54, 1.807) is 18.3 Å². The summed E-state index contributed by atoms with van der Waals surface area (Å²) in [4.78, 5) is 6.56. The minimum Gasteiger partial charge on any atom is -0.377 e. The van der Waals surface area contributed by atoms with Gasteiger partial charge in [0, 0.05) is 30.2 Å². The predicted molar refractivity (Wildman–Crippen MR) is 86.3 cm³/mol. The molecule has 0 radical (unpaired) electrons. The van der Waals surface area contributed by atoms with Crippen LogP contribution in [0.25, 0.3) is 0 Å². The molecule has 112 valence electrons. The highest BCUT2D eigenvalue weighted by Gasteiger charge is 2.18. The highest BCUT2D eigenvalue weighted by Crippen LogP contribution is 2.23. The van der Waals surface area contributed by atoms with Gasteiger partial charge in [-0.1, -0.05) is 0 Å². The normalized spacial score (nSPS) is 17.8. The van der Waals surface area contributed by atoms with Gasteiger partial charge in [-0.25, -0.2) is 4.98 Å². The van der Waals surface area contributed by atoms with E-state index in [2.05, 4.69) is 40.3 Å². The van der Waals surface area contributed by atoms with E-state index in [0.29, 0.717) is 11.6 Å². The molecule has 0 spiro atoms. The molecule has 2 heterocycles. The standard InChI is InChI=1S/C17H18N4O/c1-13-12-22-9-8-21(13)16-5-3-15(4-6-16)20-17-7-2-14(10-18)11-19-17/h2-7,11,13H,8-9,12H2,1H3,(H,19,20). The second kappa shape index (κ2) is 6.46. The molecule has 2 aromatic rings. The predicted octanol–water partition coefficient (Wildman–Crippen LogP) is 2.92. The Morgan fingerprint density at radius 3 is 2.73 bits per heavy atom. The Balaban J connectivity index is 1.69. The molecule has 3 rings (SSSR count). The van der Waals surface area contributed by atoms with Crippen molar-refractivity contribution in [3.63, 3.8) is 0 Å². The van der Waals surface area contributed by atoms with Crippen molar-refractivity contribution in [2.45, 2.75) is 13.0 Å². The van der Waals surface area contributed by atoms with Crippen LogP contribution in [-0.4, -0.2) is 30.8 Å². The molecule has 1 N–H and O–H groups in total. The van der Waals surface area contributed by atoms with Crippen LogP contribution >= 0.6 is 0 Å². The van der Waals surface area contributed by atoms with Crippen LogP contribution in [0.1, 0.15) is 12.5 Å². The van der Waals surface area contributed by atoms with Crippen LogP contribution in [0.4, 0.5) is 17.2 Å². The lowest BCUT2D eigenvalue weighted by Crippen LogP contribution is -2.43. The zero-order chi connectivity index (χ0) is 15.4. The fourth-order valence-electron chi connectivity index (χ4n) is 2.53. The Bertz CT molecular complexity index is 661. The molecule has 0 saturated carbocycles. The molecule has 1 aliphatic rings. The third-order valence-corrected chi connectivity index (χ3v) is 3.73. The maximum atomic E-state index is 8.77. The quantitative estimate of drug-likeness (QED) is 0.943. The van der Waals surface area contributed by atoms with Crippen LogP contribution in [0.3, 0.4) is 0 Å². The minimum absolute atomic E-state index is 0.396. The molecule has 5 heteroatoms. The maximum Gasteiger partial charge on any atom is 0.130 e. The highest BCUT2D eigenvalue weighted by molar-refractivity contribution is 5.61. The van der Waals surface area contributed by atoms with Gasteiger partial charge in [0.25, 0.3) is 0 Å². The summed E-state index contributed by atoms with van der Waals surface area (Å²) >= 11 is 0. The number of ether oxygens (including phenoxy) is 1. The summed E-state index contributed by atoms with van der Waals surface area (Å²) in [5, 5.41) is 12.0. The SMILES string of the molecule is CC1COCCN1c1ccc(Nc2ccc(C#N)cn2)cc1. The molecule has 1 fully saturated rings. The number of hydrogen-bond donors (Lipinski definition) is 1. The third kappa shape index (κ3) is 3.18. The first-order chi connectivity index (χ1) is 10.8. The number of morpholine rings is 1. The first-order valence-corrected chi connectivity index (χ1v) is 7.34. The second-order valence-electron chi connectivity index (χ2n) is 5.33. The summed E-state index contributed by atoms with van der Waals surface area (Å²) < 4.78 is 5.47. The van der Waals surface area contributed by atoms with Crippen LogP contribution in [0, 0.1) is 11.3 Å². The lowest BCUT2D eigenvalue weighted by molar-refractivity contribution is 0.0989. The molecule has 1 saturated heterocycles. The average Bonchev–Trinajstić information content (AvgIpc) is 2.57. The van der Waals surface area contributed by atoms with Gasteiger partial charge in [0.2, 0.25) is 0 Å². The van der Waals surface area contributed by atoms with Crippen LogP contribution in [0.2, 0.25) is 0 Å². The number of pyridine rings is 1. The van der Waals surface area contributed by atoms with Crippen molar-refractivity contribution in [3.8, 4) is 6.07 Å². The van der Waals surface area contributed by atoms with Gasteiger partial charge in [-0.2, -0.15) is 5.26 Å². The van der Waals surface area contributed by atoms with E-state index in [-0.39, 0.29) is 0 Å². The Kier molecular flexibility index (Phi) is 4.22. The van der Waals surface area contributed by atoms with Gasteiger partial charge in [0.1, 0.15) is 11.9 Å². The van der Waals surface area contributed by atoms with Crippen molar-refractivity contribution >= 4 is 17.2 Å². The smallest absolute Gasteiger partial charge is 0.130 e. The van der Waals surface area contributed by atoms with E-state index >= 15 is 0 Å². The summed E-state index contributed by atoms with van der Waals surface area (Å²) in [6.45, 7) is 4.64. The monoisotopic (exact) mass is 294 g/mol. The summed E-state index contributed by atoms with van der Waals surface area (Å²) in [5.41, 5.74) is 2.73. The summed E-state index contributed by atoms with van der Waals surface area (Å²) in [6.07, 6.45) is 1.56. The fraction of sp³-hybridized carbons (Fsp3) is 0.294. The van der Waals surface area contributed by atoms with E-state index in [1.165, 1.54) is 5.69 Å². The maximum absolute atomic E-state index is 8.77. The van der Waals surface area contributed by atoms with Crippen molar-refractivity contribution < 1.29 is 4.74 Å². The van der Waals surface area contributed by atoms with Gasteiger partial charge in [-0.3, -0.25) is 0 Å². The van der Waals surface area contributed by atoms with Crippen LogP contribution in [0.15, 0.2) is 42.6 Å². The van der Waals surface area contributed by atoms with Crippen LogP contribution in [0.5, 0.6) is 0 Å². The summed E-state index contributed by atoms with van der Waals surface area (Å²) in [7, 11) is 0. The van der Waals surface area contributed by atoms with Crippen LogP contribution < -0.4 is 10.2 Å². The van der Waals surface area contributed by atoms with E-state index in [9.17, 15) is 0 Å². The first kappa shape index (κ1) is 14.4. The van der Waals surface area contributed by atoms with Crippen molar-refractivity contribution in [2.75, 3.05) is 30.0 Å². The molecule has 1 aromatic heterocycles. The van der Waals surface area contributed by atoms with Gasteiger partial charge in [-0.15, -0.1) is 0 Å². The van der Waals surface area contributed by atoms with E-state index in [4.69, 9.17) is 10.00 Å². The zero-order valence-corrected chi connectivity index (χ0v) is 12.5. The van der Waals surface area contributed by atoms with Crippen molar-refractivity contribution in [1.29, 1.82) is 5.26 Å². The summed E-state index contributed by atoms with van der Waals surface area (Å²) in [5.74, 6) is 0.728. The average molecular weight is 294 g/mol. The Morgan fingerprint density at radius 1 is 1.27 bits per heavy atom. The Labute approximate surface area is 130 Å². The van der Waals surface area contributed by atoms with Gasteiger partial charge in [-0.05, 0) is 43.3 Å². The first-order valence-electron chi connectivity index (χ1n) is 7.34. The van der Waals surface area contributed by atoms with Crippen molar-refractivity contribution in [2.24, 2.45) is 0 Å². The number of anilines is 3. The van der Waals surface area contributed by atoms with E-state index in [1.807, 2.05) is 12.1 Å². The molecule has 22 heavy (non-hydrogen) atoms. The molecule has 1 aliphatic heterocycles. The Hall–Kier alpha value is -2.58. The molecular formula is C17H18N4O. The second-order valence-corrected chi connectivity index (χ2v) is 5.33. The molecule has 1 atom stereocenters. The van der Waals surface area contributed by atoms with Gasteiger partial charge in [0.15, 0.2) is 0 Å². The number of aromatic nitrogens is 1. The Morgan fingerprint density at radius 2 is 2.09 bits per heavy atom. The van der Waals surface area contributed by atoms with Crippen molar-refractivity contribution in [1.82, 2.24) is 4.98 Å². The number of nitriles is 1. The van der Waals surface area contributed by atoms with Crippen molar-refractivity contribution in [3.05, 3.63) is 48.2 Å². The largest absolute Gasteiger partial charge is 0.377 e. The van der Waals surface area contributed by atoms with Crippen LogP contribution in [-0.2, 0) is 4.74 Å². The van der Waals surface area contributed by atoms with Gasteiger partial charge < -0.3 is 15.0 Å². The topological polar surface area (TPSA) is 61.2 Å². The third-order valence-electron chi connectivity index (χ3n) is 3.73. The summed E-state index contributed by atoms with van der Waals surface area (Å²) in [6, 6.07) is 14.3. The molecule has 0 aliphatic carbocycles. The number of hydrogen-bond acceptors (Lipinski definition) is 5. The highest BCUT2D eigenvalue weighted by atomic mass is 16.5. The van der Waals surface area contributed by atoms with Gasteiger partial charge >= 0.3 is 0 Å². The number of nitrogens with zero attached hydrogens (tertiary/aromatic N) is 3. The zero-order valence-electron chi connectivity index (χ0n) is 12.5. The molecule has 5 nitrogen and oxygen atoms in total. The molecule has 1 unspecified atom stereocenters. The lowest BCUT2D eigenvalue weighted by Gasteiger charge is -2.35. The number of nitrogens with one attached hydrogen (secondary N) is 1. The number of rotatable bonds is 3. The minimum atomic E-state index is 0.396. The van der Waals surface area contributed by atoms with E-state index in [0.717, 1.165) is 31.3 Å². The molecule has 0 amide bonds. The fourth-order valence-corrected chi connectivity index (χ4v) is 2.53. The molecular weight excluding hydrogens is 276 g/mol.